The van der Waals surface area contributed by atoms with Crippen molar-refractivity contribution in [3.63, 3.8) is 0 Å². The van der Waals surface area contributed by atoms with Crippen LogP contribution in [0.25, 0.3) is 0 Å². The van der Waals surface area contributed by atoms with E-state index >= 15 is 0 Å². The summed E-state index contributed by atoms with van der Waals surface area (Å²) in [5, 5.41) is 0. The second-order valence-corrected chi connectivity index (χ2v) is 3.69. The average molecular weight is 250 g/mol. The molecule has 16 heavy (non-hydrogen) atoms. The van der Waals surface area contributed by atoms with Crippen molar-refractivity contribution in [1.82, 2.24) is 0 Å². The Kier molecular flexibility index (Phi) is 2.12. The van der Waals surface area contributed by atoms with Crippen molar-refractivity contribution in [1.29, 1.82) is 0 Å². The maximum absolute atomic E-state index is 13.7. The number of alkyl halides is 7. The van der Waals surface area contributed by atoms with Gasteiger partial charge >= 0.3 is 12.4 Å². The molecule has 1 saturated heterocycles. The first kappa shape index (κ1) is 11.7. The Labute approximate surface area is 84.9 Å². The molecule has 1 fully saturated rings. The van der Waals surface area contributed by atoms with E-state index in [0.29, 0.717) is 6.08 Å². The van der Waals surface area contributed by atoms with Gasteiger partial charge in [-0.2, -0.15) is 26.3 Å². The van der Waals surface area contributed by atoms with E-state index in [1.54, 1.807) is 0 Å². The lowest BCUT2D eigenvalue weighted by atomic mass is 9.79. The number of hydrogen-bond donors (Lipinski definition) is 0. The zero-order chi connectivity index (χ0) is 12.4. The van der Waals surface area contributed by atoms with Gasteiger partial charge in [-0.05, 0) is 0 Å². The Morgan fingerprint density at radius 1 is 1.00 bits per heavy atom. The van der Waals surface area contributed by atoms with E-state index in [2.05, 4.69) is 4.74 Å². The van der Waals surface area contributed by atoms with Crippen molar-refractivity contribution in [2.24, 2.45) is 5.92 Å². The van der Waals surface area contributed by atoms with Crippen LogP contribution in [0.2, 0.25) is 0 Å². The van der Waals surface area contributed by atoms with Crippen LogP contribution >= 0.6 is 0 Å². The maximum atomic E-state index is 13.7. The lowest BCUT2D eigenvalue weighted by Gasteiger charge is -2.34. The SMILES string of the molecule is FC(F)(F)[C@@H]1[C@@H]2C=C[C@@H](O2)[C@@]1(F)C(F)(F)F. The highest BCUT2D eigenvalue weighted by Crippen LogP contribution is 2.58. The first-order chi connectivity index (χ1) is 7.08. The van der Waals surface area contributed by atoms with Gasteiger partial charge in [-0.15, -0.1) is 0 Å². The average Bonchev–Trinajstić information content (AvgIpc) is 2.57. The molecule has 0 aromatic heterocycles. The summed E-state index contributed by atoms with van der Waals surface area (Å²) in [7, 11) is 0. The van der Waals surface area contributed by atoms with Crippen LogP contribution in [0.3, 0.4) is 0 Å². The molecule has 0 spiro atoms. The monoisotopic (exact) mass is 250 g/mol. The summed E-state index contributed by atoms with van der Waals surface area (Å²) >= 11 is 0. The Bertz CT molecular complexity index is 330. The summed E-state index contributed by atoms with van der Waals surface area (Å²) in [6, 6.07) is 0. The van der Waals surface area contributed by atoms with Crippen molar-refractivity contribution >= 4 is 0 Å². The number of rotatable bonds is 0. The van der Waals surface area contributed by atoms with E-state index in [0.717, 1.165) is 6.08 Å². The van der Waals surface area contributed by atoms with Gasteiger partial charge in [0.1, 0.15) is 12.0 Å². The normalized spacial score (nSPS) is 43.1. The molecule has 0 aliphatic carbocycles. The predicted octanol–water partition coefficient (Wildman–Crippen LogP) is 2.77. The van der Waals surface area contributed by atoms with Gasteiger partial charge in [-0.1, -0.05) is 12.2 Å². The van der Waals surface area contributed by atoms with Crippen LogP contribution in [-0.2, 0) is 4.74 Å². The number of hydrogen-bond acceptors (Lipinski definition) is 1. The lowest BCUT2D eigenvalue weighted by molar-refractivity contribution is -0.294. The van der Waals surface area contributed by atoms with Crippen LogP contribution in [0, 0.1) is 5.92 Å². The first-order valence-corrected chi connectivity index (χ1v) is 4.24. The molecule has 2 bridgehead atoms. The highest BCUT2D eigenvalue weighted by Gasteiger charge is 2.78. The summed E-state index contributed by atoms with van der Waals surface area (Å²) in [5.74, 6) is -3.19. The quantitative estimate of drug-likeness (QED) is 0.474. The fraction of sp³-hybridized carbons (Fsp3) is 0.750. The minimum atomic E-state index is -5.61. The number of fused-ring (bicyclic) bond motifs is 2. The first-order valence-electron chi connectivity index (χ1n) is 4.24. The molecule has 4 atom stereocenters. The molecule has 0 aromatic rings. The fourth-order valence-electron chi connectivity index (χ4n) is 2.08. The molecule has 0 aromatic carbocycles. The molecule has 2 aliphatic rings. The highest BCUT2D eigenvalue weighted by atomic mass is 19.4. The second-order valence-electron chi connectivity index (χ2n) is 3.69. The maximum Gasteiger partial charge on any atom is 0.426 e. The van der Waals surface area contributed by atoms with Gasteiger partial charge in [0, 0.05) is 0 Å². The van der Waals surface area contributed by atoms with Gasteiger partial charge in [0.15, 0.2) is 0 Å². The third-order valence-electron chi connectivity index (χ3n) is 2.76. The van der Waals surface area contributed by atoms with Crippen molar-refractivity contribution in [3.8, 4) is 0 Å². The van der Waals surface area contributed by atoms with Gasteiger partial charge in [-0.25, -0.2) is 4.39 Å². The summed E-state index contributed by atoms with van der Waals surface area (Å²) in [4.78, 5) is 0. The van der Waals surface area contributed by atoms with Crippen molar-refractivity contribution in [2.45, 2.75) is 30.2 Å². The highest BCUT2D eigenvalue weighted by molar-refractivity contribution is 5.25. The molecule has 2 heterocycles. The predicted molar refractivity (Wildman–Crippen MR) is 37.2 cm³/mol. The third-order valence-corrected chi connectivity index (χ3v) is 2.76. The molecule has 0 N–H and O–H groups in total. The van der Waals surface area contributed by atoms with Gasteiger partial charge < -0.3 is 4.74 Å². The van der Waals surface area contributed by atoms with Crippen LogP contribution in [0.5, 0.6) is 0 Å². The van der Waals surface area contributed by atoms with Gasteiger partial charge in [0.2, 0.25) is 5.67 Å². The van der Waals surface area contributed by atoms with Crippen LogP contribution in [0.15, 0.2) is 12.2 Å². The zero-order valence-electron chi connectivity index (χ0n) is 7.44. The van der Waals surface area contributed by atoms with Gasteiger partial charge in [0.05, 0.1) is 6.10 Å². The standard InChI is InChI=1S/C8H5F7O/c9-6(8(13,14)15)4-2-1-3(16-4)5(6)7(10,11)12/h1-5H/t3-,4+,5+,6-/m0/s1. The molecule has 2 rings (SSSR count). The van der Waals surface area contributed by atoms with Crippen molar-refractivity contribution < 1.29 is 35.5 Å². The van der Waals surface area contributed by atoms with Crippen LogP contribution in [-0.4, -0.2) is 30.2 Å². The number of ether oxygens (including phenoxy) is 1. The Hall–Kier alpha value is -0.790. The van der Waals surface area contributed by atoms with E-state index < -0.39 is 36.1 Å². The van der Waals surface area contributed by atoms with Crippen LogP contribution < -0.4 is 0 Å². The second kappa shape index (κ2) is 2.91. The molecule has 2 aliphatic heterocycles. The molecule has 8 heteroatoms. The summed E-state index contributed by atoms with van der Waals surface area (Å²) in [6.07, 6.45) is -13.5. The van der Waals surface area contributed by atoms with E-state index in [-0.39, 0.29) is 0 Å². The molecule has 0 unspecified atom stereocenters. The number of halogens is 7. The molecule has 0 radical (unpaired) electrons. The van der Waals surface area contributed by atoms with E-state index in [1.165, 1.54) is 0 Å². The fourth-order valence-corrected chi connectivity index (χ4v) is 2.08. The summed E-state index contributed by atoms with van der Waals surface area (Å²) in [6.45, 7) is 0. The molecule has 92 valence electrons. The van der Waals surface area contributed by atoms with E-state index in [4.69, 9.17) is 0 Å². The van der Waals surface area contributed by atoms with Gasteiger partial charge in [0.25, 0.3) is 0 Å². The third kappa shape index (κ3) is 1.28. The largest absolute Gasteiger partial charge is 0.426 e. The molecule has 0 saturated carbocycles. The van der Waals surface area contributed by atoms with Crippen molar-refractivity contribution in [2.75, 3.05) is 0 Å². The lowest BCUT2D eigenvalue weighted by Crippen LogP contribution is -2.57. The minimum absolute atomic E-state index is 0.681. The smallest absolute Gasteiger partial charge is 0.362 e. The molecular formula is C8H5F7O. The Morgan fingerprint density at radius 3 is 1.94 bits per heavy atom. The summed E-state index contributed by atoms with van der Waals surface area (Å²) in [5.41, 5.74) is -4.38. The molecule has 0 amide bonds. The van der Waals surface area contributed by atoms with Crippen LogP contribution in [0.4, 0.5) is 30.7 Å². The van der Waals surface area contributed by atoms with Gasteiger partial charge in [-0.3, -0.25) is 0 Å². The minimum Gasteiger partial charge on any atom is -0.362 e. The topological polar surface area (TPSA) is 9.23 Å². The Balaban J connectivity index is 2.48. The Morgan fingerprint density at radius 2 is 1.56 bits per heavy atom. The van der Waals surface area contributed by atoms with Crippen LogP contribution in [0.1, 0.15) is 0 Å². The van der Waals surface area contributed by atoms with Crippen molar-refractivity contribution in [3.05, 3.63) is 12.2 Å². The zero-order valence-corrected chi connectivity index (χ0v) is 7.44. The van der Waals surface area contributed by atoms with E-state index in [9.17, 15) is 30.7 Å². The molecular weight excluding hydrogens is 245 g/mol. The van der Waals surface area contributed by atoms with E-state index in [1.807, 2.05) is 0 Å². The summed E-state index contributed by atoms with van der Waals surface area (Å²) < 4.78 is 92.3. The molecule has 1 nitrogen and oxygen atoms in total.